The van der Waals surface area contributed by atoms with Crippen molar-refractivity contribution in [3.05, 3.63) is 0 Å². The fourth-order valence-corrected chi connectivity index (χ4v) is 3.30. The predicted octanol–water partition coefficient (Wildman–Crippen LogP) is 2.90. The van der Waals surface area contributed by atoms with Gasteiger partial charge in [0.05, 0.1) is 6.61 Å². The van der Waals surface area contributed by atoms with Gasteiger partial charge in [0.1, 0.15) is 0 Å². The van der Waals surface area contributed by atoms with Gasteiger partial charge >= 0.3 is 0 Å². The molecule has 0 bridgehead atoms. The summed E-state index contributed by atoms with van der Waals surface area (Å²) in [5, 5.41) is 3.84. The molecule has 3 nitrogen and oxygen atoms in total. The number of ether oxygens (including phenoxy) is 1. The van der Waals surface area contributed by atoms with E-state index < -0.39 is 0 Å². The Labute approximate surface area is 120 Å². The molecule has 1 N–H and O–H groups in total. The SMILES string of the molecule is CCC(C)C1CNC(CC)(CC)CN1C(C)COC. The van der Waals surface area contributed by atoms with E-state index in [9.17, 15) is 0 Å². The monoisotopic (exact) mass is 270 g/mol. The van der Waals surface area contributed by atoms with Crippen molar-refractivity contribution < 1.29 is 4.74 Å². The summed E-state index contributed by atoms with van der Waals surface area (Å²) in [7, 11) is 1.81. The molecule has 0 spiro atoms. The van der Waals surface area contributed by atoms with E-state index in [0.717, 1.165) is 25.6 Å². The highest BCUT2D eigenvalue weighted by Gasteiger charge is 2.39. The van der Waals surface area contributed by atoms with E-state index >= 15 is 0 Å². The average molecular weight is 270 g/mol. The molecular weight excluding hydrogens is 236 g/mol. The molecule has 3 atom stereocenters. The van der Waals surface area contributed by atoms with Crippen LogP contribution in [0.25, 0.3) is 0 Å². The van der Waals surface area contributed by atoms with Gasteiger partial charge < -0.3 is 10.1 Å². The third kappa shape index (κ3) is 3.93. The zero-order valence-electron chi connectivity index (χ0n) is 13.8. The highest BCUT2D eigenvalue weighted by Crippen LogP contribution is 2.28. The summed E-state index contributed by atoms with van der Waals surface area (Å²) in [6, 6.07) is 1.14. The predicted molar refractivity (Wildman–Crippen MR) is 82.6 cm³/mol. The van der Waals surface area contributed by atoms with Crippen LogP contribution in [0.4, 0.5) is 0 Å². The van der Waals surface area contributed by atoms with Crippen LogP contribution < -0.4 is 5.32 Å². The van der Waals surface area contributed by atoms with E-state index in [1.807, 2.05) is 7.11 Å². The lowest BCUT2D eigenvalue weighted by Crippen LogP contribution is -2.67. The van der Waals surface area contributed by atoms with Gasteiger partial charge in [-0.3, -0.25) is 4.90 Å². The molecule has 1 rings (SSSR count). The summed E-state index contributed by atoms with van der Waals surface area (Å²) in [6.45, 7) is 14.7. The van der Waals surface area contributed by atoms with Crippen LogP contribution in [-0.4, -0.2) is 49.3 Å². The summed E-state index contributed by atoms with van der Waals surface area (Å²) in [5.74, 6) is 0.735. The Morgan fingerprint density at radius 3 is 2.37 bits per heavy atom. The van der Waals surface area contributed by atoms with Gasteiger partial charge in [-0.1, -0.05) is 34.1 Å². The van der Waals surface area contributed by atoms with E-state index in [1.54, 1.807) is 0 Å². The Bertz CT molecular complexity index is 253. The van der Waals surface area contributed by atoms with Crippen LogP contribution in [0, 0.1) is 5.92 Å². The summed E-state index contributed by atoms with van der Waals surface area (Å²) in [4.78, 5) is 2.70. The quantitative estimate of drug-likeness (QED) is 0.770. The largest absolute Gasteiger partial charge is 0.383 e. The van der Waals surface area contributed by atoms with Gasteiger partial charge in [0.25, 0.3) is 0 Å². The molecule has 1 aliphatic rings. The zero-order chi connectivity index (χ0) is 14.5. The lowest BCUT2D eigenvalue weighted by Gasteiger charge is -2.51. The number of nitrogens with one attached hydrogen (secondary N) is 1. The maximum absolute atomic E-state index is 5.39. The molecular formula is C16H34N2O. The number of rotatable bonds is 7. The number of nitrogens with zero attached hydrogens (tertiary/aromatic N) is 1. The first-order valence-corrected chi connectivity index (χ1v) is 8.03. The van der Waals surface area contributed by atoms with Gasteiger partial charge in [-0.05, 0) is 25.7 Å². The summed E-state index contributed by atoms with van der Waals surface area (Å²) in [5.41, 5.74) is 0.298. The lowest BCUT2D eigenvalue weighted by atomic mass is 9.84. The fourth-order valence-electron chi connectivity index (χ4n) is 3.30. The van der Waals surface area contributed by atoms with Crippen LogP contribution in [0.5, 0.6) is 0 Å². The van der Waals surface area contributed by atoms with Crippen LogP contribution in [-0.2, 0) is 4.74 Å². The highest BCUT2D eigenvalue weighted by atomic mass is 16.5. The van der Waals surface area contributed by atoms with Crippen LogP contribution in [0.1, 0.15) is 53.9 Å². The summed E-state index contributed by atoms with van der Waals surface area (Å²) >= 11 is 0. The minimum Gasteiger partial charge on any atom is -0.383 e. The molecule has 1 aliphatic heterocycles. The van der Waals surface area contributed by atoms with Crippen molar-refractivity contribution >= 4 is 0 Å². The van der Waals surface area contributed by atoms with E-state index in [-0.39, 0.29) is 0 Å². The molecule has 3 heteroatoms. The van der Waals surface area contributed by atoms with Gasteiger partial charge in [-0.2, -0.15) is 0 Å². The summed E-state index contributed by atoms with van der Waals surface area (Å²) in [6.07, 6.45) is 3.65. The number of piperazine rings is 1. The zero-order valence-corrected chi connectivity index (χ0v) is 13.8. The molecule has 0 saturated carbocycles. The Kier molecular flexibility index (Phi) is 6.78. The second kappa shape index (κ2) is 7.61. The average Bonchev–Trinajstić information content (AvgIpc) is 2.46. The van der Waals surface area contributed by atoms with Gasteiger partial charge in [-0.25, -0.2) is 0 Å². The van der Waals surface area contributed by atoms with Crippen molar-refractivity contribution in [3.8, 4) is 0 Å². The normalized spacial score (nSPS) is 27.2. The third-order valence-electron chi connectivity index (χ3n) is 5.23. The fraction of sp³-hybridized carbons (Fsp3) is 1.00. The second-order valence-electron chi connectivity index (χ2n) is 6.30. The Hall–Kier alpha value is -0.120. The summed E-state index contributed by atoms with van der Waals surface area (Å²) < 4.78 is 5.39. The van der Waals surface area contributed by atoms with E-state index in [0.29, 0.717) is 17.6 Å². The molecule has 0 radical (unpaired) electrons. The molecule has 114 valence electrons. The molecule has 1 fully saturated rings. The first-order chi connectivity index (χ1) is 9.03. The van der Waals surface area contributed by atoms with Crippen LogP contribution in [0.15, 0.2) is 0 Å². The molecule has 1 saturated heterocycles. The first-order valence-electron chi connectivity index (χ1n) is 8.03. The molecule has 0 aromatic heterocycles. The second-order valence-corrected chi connectivity index (χ2v) is 6.30. The van der Waals surface area contributed by atoms with Gasteiger partial charge in [-0.15, -0.1) is 0 Å². The first kappa shape index (κ1) is 16.9. The minimum atomic E-state index is 0.298. The standard InChI is InChI=1S/C16H34N2O/c1-7-13(4)15-10-17-16(8-2,9-3)12-18(15)14(5)11-19-6/h13-15,17H,7-12H2,1-6H3. The van der Waals surface area contributed by atoms with Crippen molar-refractivity contribution in [2.75, 3.05) is 26.8 Å². The van der Waals surface area contributed by atoms with Crippen LogP contribution in [0.2, 0.25) is 0 Å². The molecule has 0 amide bonds. The molecule has 0 aromatic rings. The van der Waals surface area contributed by atoms with Gasteiger partial charge in [0.15, 0.2) is 0 Å². The van der Waals surface area contributed by atoms with Crippen LogP contribution in [0.3, 0.4) is 0 Å². The van der Waals surface area contributed by atoms with E-state index in [4.69, 9.17) is 4.74 Å². The number of hydrogen-bond donors (Lipinski definition) is 1. The van der Waals surface area contributed by atoms with Crippen molar-refractivity contribution in [1.29, 1.82) is 0 Å². The van der Waals surface area contributed by atoms with Crippen molar-refractivity contribution in [1.82, 2.24) is 10.2 Å². The van der Waals surface area contributed by atoms with Crippen molar-refractivity contribution in [2.24, 2.45) is 5.92 Å². The van der Waals surface area contributed by atoms with E-state index in [2.05, 4.69) is 44.8 Å². The van der Waals surface area contributed by atoms with Crippen LogP contribution >= 0.6 is 0 Å². The highest BCUT2D eigenvalue weighted by molar-refractivity contribution is 4.99. The molecule has 19 heavy (non-hydrogen) atoms. The minimum absolute atomic E-state index is 0.298. The van der Waals surface area contributed by atoms with Crippen molar-refractivity contribution in [3.63, 3.8) is 0 Å². The van der Waals surface area contributed by atoms with Gasteiger partial charge in [0, 0.05) is 37.8 Å². The van der Waals surface area contributed by atoms with E-state index in [1.165, 1.54) is 19.3 Å². The lowest BCUT2D eigenvalue weighted by molar-refractivity contribution is -0.00718. The van der Waals surface area contributed by atoms with Gasteiger partial charge in [0.2, 0.25) is 0 Å². The Balaban J connectivity index is 2.85. The number of hydrogen-bond acceptors (Lipinski definition) is 3. The molecule has 3 unspecified atom stereocenters. The topological polar surface area (TPSA) is 24.5 Å². The smallest absolute Gasteiger partial charge is 0.0615 e. The maximum atomic E-state index is 5.39. The number of methoxy groups -OCH3 is 1. The van der Waals surface area contributed by atoms with Crippen molar-refractivity contribution in [2.45, 2.75) is 71.5 Å². The molecule has 1 heterocycles. The Morgan fingerprint density at radius 1 is 1.26 bits per heavy atom. The third-order valence-corrected chi connectivity index (χ3v) is 5.23. The molecule has 0 aromatic carbocycles. The maximum Gasteiger partial charge on any atom is 0.0615 e. The molecule has 0 aliphatic carbocycles. The Morgan fingerprint density at radius 2 is 1.89 bits per heavy atom.